The molecule has 0 spiro atoms. The van der Waals surface area contributed by atoms with Crippen molar-refractivity contribution >= 4 is 17.7 Å². The van der Waals surface area contributed by atoms with E-state index in [2.05, 4.69) is 20.6 Å². The minimum absolute atomic E-state index is 0.224. The maximum atomic E-state index is 12.7. The number of hydrogen-bond acceptors (Lipinski definition) is 7. The second-order valence-corrected chi connectivity index (χ2v) is 6.69. The van der Waals surface area contributed by atoms with Crippen LogP contribution in [0.5, 0.6) is 0 Å². The molecule has 1 atom stereocenters. The number of aromatic nitrogens is 4. The summed E-state index contributed by atoms with van der Waals surface area (Å²) in [6, 6.07) is 4.72. The van der Waals surface area contributed by atoms with Crippen molar-refractivity contribution in [3.05, 3.63) is 59.4 Å². The number of carbonyl (C=O) groups is 1. The van der Waals surface area contributed by atoms with Crippen molar-refractivity contribution in [3.63, 3.8) is 0 Å². The zero-order valence-electron chi connectivity index (χ0n) is 14.4. The topological polar surface area (TPSA) is 106 Å². The molecule has 9 heteroatoms. The number of amides is 1. The molecular weight excluding hydrogens is 354 g/mol. The van der Waals surface area contributed by atoms with Crippen molar-refractivity contribution in [3.8, 4) is 0 Å². The molecule has 0 fully saturated rings. The van der Waals surface area contributed by atoms with Gasteiger partial charge in [0.25, 0.3) is 5.91 Å². The van der Waals surface area contributed by atoms with Gasteiger partial charge in [-0.25, -0.2) is 4.98 Å². The number of aliphatic hydroxyl groups excluding tert-OH is 1. The summed E-state index contributed by atoms with van der Waals surface area (Å²) < 4.78 is 6.67. The van der Waals surface area contributed by atoms with Crippen LogP contribution in [0.15, 0.2) is 46.3 Å². The second kappa shape index (κ2) is 8.15. The fourth-order valence-corrected chi connectivity index (χ4v) is 3.27. The Morgan fingerprint density at radius 3 is 3.00 bits per heavy atom. The highest BCUT2D eigenvalue weighted by Gasteiger charge is 2.19. The van der Waals surface area contributed by atoms with Gasteiger partial charge in [-0.2, -0.15) is 5.10 Å². The van der Waals surface area contributed by atoms with Gasteiger partial charge in [0.05, 0.1) is 30.1 Å². The number of aryl methyl sites for hydroxylation is 2. The molecule has 3 rings (SSSR count). The minimum atomic E-state index is -0.535. The van der Waals surface area contributed by atoms with Crippen LogP contribution in [0.3, 0.4) is 0 Å². The molecule has 1 unspecified atom stereocenters. The molecule has 3 aromatic heterocycles. The first-order chi connectivity index (χ1) is 12.6. The van der Waals surface area contributed by atoms with Crippen molar-refractivity contribution < 1.29 is 14.4 Å². The fourth-order valence-electron chi connectivity index (χ4n) is 2.40. The first kappa shape index (κ1) is 18.2. The van der Waals surface area contributed by atoms with E-state index >= 15 is 0 Å². The smallest absolute Gasteiger partial charge is 0.254 e. The zero-order chi connectivity index (χ0) is 18.5. The van der Waals surface area contributed by atoms with Gasteiger partial charge < -0.3 is 14.9 Å². The SMILES string of the molecule is Cc1cc(CSc2ncccc2C(=O)NC(CO)c2cnn(C)c2)no1. The van der Waals surface area contributed by atoms with E-state index in [-0.39, 0.29) is 12.5 Å². The van der Waals surface area contributed by atoms with Crippen LogP contribution in [0.2, 0.25) is 0 Å². The number of hydrogen-bond donors (Lipinski definition) is 2. The Balaban J connectivity index is 1.72. The summed E-state index contributed by atoms with van der Waals surface area (Å²) in [5.74, 6) is 0.974. The Hall–Kier alpha value is -2.65. The van der Waals surface area contributed by atoms with Gasteiger partial charge in [0, 0.05) is 36.8 Å². The van der Waals surface area contributed by atoms with Gasteiger partial charge in [-0.15, -0.1) is 0 Å². The number of pyridine rings is 1. The van der Waals surface area contributed by atoms with E-state index in [9.17, 15) is 9.90 Å². The lowest BCUT2D eigenvalue weighted by Crippen LogP contribution is -2.31. The van der Waals surface area contributed by atoms with E-state index in [0.29, 0.717) is 16.3 Å². The standard InChI is InChI=1S/C17H19N5O3S/c1-11-6-13(21-25-11)10-26-17-14(4-3-5-18-17)16(24)20-15(9-23)12-7-19-22(2)8-12/h3-8,15,23H,9-10H2,1-2H3,(H,20,24). The molecule has 3 heterocycles. The monoisotopic (exact) mass is 373 g/mol. The molecule has 26 heavy (non-hydrogen) atoms. The summed E-state index contributed by atoms with van der Waals surface area (Å²) in [5.41, 5.74) is 1.97. The van der Waals surface area contributed by atoms with Crippen LogP contribution in [0, 0.1) is 6.92 Å². The normalized spacial score (nSPS) is 12.1. The lowest BCUT2D eigenvalue weighted by Gasteiger charge is -2.15. The van der Waals surface area contributed by atoms with Crippen LogP contribution in [0.25, 0.3) is 0 Å². The zero-order valence-corrected chi connectivity index (χ0v) is 15.2. The summed E-state index contributed by atoms with van der Waals surface area (Å²) in [7, 11) is 1.78. The van der Waals surface area contributed by atoms with Crippen molar-refractivity contribution in [2.75, 3.05) is 6.61 Å². The molecule has 3 aromatic rings. The van der Waals surface area contributed by atoms with Gasteiger partial charge in [-0.05, 0) is 19.1 Å². The Labute approximate surface area is 154 Å². The summed E-state index contributed by atoms with van der Waals surface area (Å²) in [5, 5.41) is 21.0. The second-order valence-electron chi connectivity index (χ2n) is 5.73. The average molecular weight is 373 g/mol. The highest BCUT2D eigenvalue weighted by Crippen LogP contribution is 2.24. The first-order valence-electron chi connectivity index (χ1n) is 7.97. The van der Waals surface area contributed by atoms with Crippen molar-refractivity contribution in [1.82, 2.24) is 25.2 Å². The summed E-state index contributed by atoms with van der Waals surface area (Å²) in [4.78, 5) is 17.0. The molecule has 136 valence electrons. The molecule has 0 aliphatic carbocycles. The van der Waals surface area contributed by atoms with Crippen LogP contribution in [0.1, 0.15) is 33.4 Å². The molecule has 0 radical (unpaired) electrons. The molecule has 0 aromatic carbocycles. The maximum Gasteiger partial charge on any atom is 0.254 e. The third kappa shape index (κ3) is 4.30. The fraction of sp³-hybridized carbons (Fsp3) is 0.294. The van der Waals surface area contributed by atoms with Crippen molar-refractivity contribution in [2.24, 2.45) is 7.05 Å². The summed E-state index contributed by atoms with van der Waals surface area (Å²) >= 11 is 1.40. The highest BCUT2D eigenvalue weighted by molar-refractivity contribution is 7.98. The first-order valence-corrected chi connectivity index (χ1v) is 8.95. The van der Waals surface area contributed by atoms with Crippen molar-refractivity contribution in [1.29, 1.82) is 0 Å². The van der Waals surface area contributed by atoms with Gasteiger partial charge in [-0.1, -0.05) is 16.9 Å². The quantitative estimate of drug-likeness (QED) is 0.609. The number of carbonyl (C=O) groups excluding carboxylic acids is 1. The Morgan fingerprint density at radius 2 is 2.35 bits per heavy atom. The molecule has 8 nitrogen and oxygen atoms in total. The number of aliphatic hydroxyl groups is 1. The van der Waals surface area contributed by atoms with Crippen LogP contribution in [-0.4, -0.2) is 37.5 Å². The molecule has 0 aliphatic heterocycles. The van der Waals surface area contributed by atoms with E-state index in [1.807, 2.05) is 13.0 Å². The van der Waals surface area contributed by atoms with Crippen LogP contribution < -0.4 is 5.32 Å². The van der Waals surface area contributed by atoms with Gasteiger partial charge in [0.15, 0.2) is 0 Å². The lowest BCUT2D eigenvalue weighted by molar-refractivity contribution is 0.0912. The maximum absolute atomic E-state index is 12.7. The molecular formula is C17H19N5O3S. The summed E-state index contributed by atoms with van der Waals surface area (Å²) in [6.45, 7) is 1.60. The number of rotatable bonds is 7. The van der Waals surface area contributed by atoms with Crippen LogP contribution in [0.4, 0.5) is 0 Å². The van der Waals surface area contributed by atoms with E-state index in [1.165, 1.54) is 11.8 Å². The van der Waals surface area contributed by atoms with Gasteiger partial charge in [-0.3, -0.25) is 9.48 Å². The lowest BCUT2D eigenvalue weighted by atomic mass is 10.1. The Morgan fingerprint density at radius 1 is 1.50 bits per heavy atom. The molecule has 0 bridgehead atoms. The molecule has 0 saturated carbocycles. The Kier molecular flexibility index (Phi) is 5.69. The van der Waals surface area contributed by atoms with Gasteiger partial charge >= 0.3 is 0 Å². The highest BCUT2D eigenvalue weighted by atomic mass is 32.2. The number of nitrogens with zero attached hydrogens (tertiary/aromatic N) is 4. The molecule has 0 aliphatic rings. The van der Waals surface area contributed by atoms with Gasteiger partial charge in [0.1, 0.15) is 10.8 Å². The number of nitrogens with one attached hydrogen (secondary N) is 1. The van der Waals surface area contributed by atoms with E-state index in [0.717, 1.165) is 17.0 Å². The van der Waals surface area contributed by atoms with Crippen LogP contribution >= 0.6 is 11.8 Å². The third-order valence-corrected chi connectivity index (χ3v) is 4.70. The van der Waals surface area contributed by atoms with E-state index in [1.54, 1.807) is 42.5 Å². The largest absolute Gasteiger partial charge is 0.394 e. The molecule has 1 amide bonds. The molecule has 0 saturated heterocycles. The summed E-state index contributed by atoms with van der Waals surface area (Å²) in [6.07, 6.45) is 5.01. The van der Waals surface area contributed by atoms with Gasteiger partial charge in [0.2, 0.25) is 0 Å². The minimum Gasteiger partial charge on any atom is -0.394 e. The van der Waals surface area contributed by atoms with Crippen molar-refractivity contribution in [2.45, 2.75) is 23.7 Å². The average Bonchev–Trinajstić information content (AvgIpc) is 3.26. The third-order valence-electron chi connectivity index (χ3n) is 3.66. The predicted octanol–water partition coefficient (Wildman–Crippen LogP) is 1.87. The Bertz CT molecular complexity index is 892. The van der Waals surface area contributed by atoms with E-state index in [4.69, 9.17) is 4.52 Å². The molecule has 2 N–H and O–H groups in total. The van der Waals surface area contributed by atoms with E-state index < -0.39 is 6.04 Å². The number of thioether (sulfide) groups is 1. The predicted molar refractivity (Wildman–Crippen MR) is 95.5 cm³/mol. The van der Waals surface area contributed by atoms with Crippen LogP contribution in [-0.2, 0) is 12.8 Å².